The topological polar surface area (TPSA) is 38.7 Å². The second kappa shape index (κ2) is 6.17. The Morgan fingerprint density at radius 3 is 2.52 bits per heavy atom. The Morgan fingerprint density at radius 1 is 0.920 bits per heavy atom. The van der Waals surface area contributed by atoms with Gasteiger partial charge in [-0.1, -0.05) is 36.4 Å². The van der Waals surface area contributed by atoms with Gasteiger partial charge in [-0.25, -0.2) is 0 Å². The molecule has 0 amide bonds. The summed E-state index contributed by atoms with van der Waals surface area (Å²) in [5, 5.41) is 10.3. The maximum Gasteiger partial charge on any atom is 0.160 e. The molecule has 0 aliphatic heterocycles. The average Bonchev–Trinajstić information content (AvgIpc) is 3.04. The smallest absolute Gasteiger partial charge is 0.160 e. The van der Waals surface area contributed by atoms with Gasteiger partial charge in [-0.15, -0.1) is 0 Å². The minimum Gasteiger partial charge on any atom is -0.508 e. The first-order valence-corrected chi connectivity index (χ1v) is 8.34. The van der Waals surface area contributed by atoms with Crippen molar-refractivity contribution < 1.29 is 14.6 Å². The quantitative estimate of drug-likeness (QED) is 0.595. The van der Waals surface area contributed by atoms with Gasteiger partial charge in [0.15, 0.2) is 11.5 Å². The molecular formula is C22H20O3. The van der Waals surface area contributed by atoms with Crippen molar-refractivity contribution >= 4 is 0 Å². The van der Waals surface area contributed by atoms with E-state index in [4.69, 9.17) is 9.47 Å². The van der Waals surface area contributed by atoms with E-state index in [-0.39, 0.29) is 0 Å². The number of phenols is 1. The van der Waals surface area contributed by atoms with Gasteiger partial charge < -0.3 is 14.6 Å². The van der Waals surface area contributed by atoms with Crippen LogP contribution in [0.5, 0.6) is 17.2 Å². The highest BCUT2D eigenvalue weighted by molar-refractivity contribution is 5.82. The third kappa shape index (κ3) is 2.62. The molecule has 0 fully saturated rings. The van der Waals surface area contributed by atoms with Crippen LogP contribution in [-0.4, -0.2) is 19.3 Å². The second-order valence-corrected chi connectivity index (χ2v) is 6.30. The van der Waals surface area contributed by atoms with Crippen LogP contribution >= 0.6 is 0 Å². The summed E-state index contributed by atoms with van der Waals surface area (Å²) >= 11 is 0. The Hall–Kier alpha value is -2.94. The minimum atomic E-state index is 0.377. The highest BCUT2D eigenvalue weighted by atomic mass is 16.5. The van der Waals surface area contributed by atoms with E-state index in [1.54, 1.807) is 20.3 Å². The van der Waals surface area contributed by atoms with Gasteiger partial charge in [0.05, 0.1) is 14.2 Å². The Morgan fingerprint density at radius 2 is 1.72 bits per heavy atom. The van der Waals surface area contributed by atoms with E-state index in [2.05, 4.69) is 30.3 Å². The molecule has 4 rings (SSSR count). The highest BCUT2D eigenvalue weighted by Gasteiger charge is 2.24. The van der Waals surface area contributed by atoms with Gasteiger partial charge in [-0.05, 0) is 52.4 Å². The number of benzene rings is 3. The summed E-state index contributed by atoms with van der Waals surface area (Å²) in [5.41, 5.74) is 7.06. The standard InChI is InChI=1S/C22H20O3/c1-24-20-10-7-14(12-21(20)25-2)11-16-8-9-19(23)18-13-15-5-3-4-6-17(15)22(16)18/h3-10,12,23H,11,13H2,1-2H3. The summed E-state index contributed by atoms with van der Waals surface area (Å²) in [6.07, 6.45) is 1.56. The first-order chi connectivity index (χ1) is 12.2. The second-order valence-electron chi connectivity index (χ2n) is 6.30. The fourth-order valence-electron chi connectivity index (χ4n) is 3.67. The Balaban J connectivity index is 1.78. The molecule has 0 heterocycles. The molecule has 126 valence electrons. The van der Waals surface area contributed by atoms with Crippen molar-refractivity contribution in [3.05, 3.63) is 76.9 Å². The first-order valence-electron chi connectivity index (χ1n) is 8.34. The monoisotopic (exact) mass is 332 g/mol. The van der Waals surface area contributed by atoms with E-state index < -0.39 is 0 Å². The lowest BCUT2D eigenvalue weighted by Crippen LogP contribution is -1.96. The molecule has 0 aromatic heterocycles. The van der Waals surface area contributed by atoms with Crippen molar-refractivity contribution in [1.29, 1.82) is 0 Å². The lowest BCUT2D eigenvalue weighted by atomic mass is 9.94. The van der Waals surface area contributed by atoms with Crippen LogP contribution in [0.1, 0.15) is 22.3 Å². The van der Waals surface area contributed by atoms with Gasteiger partial charge >= 0.3 is 0 Å². The van der Waals surface area contributed by atoms with Gasteiger partial charge in [0.25, 0.3) is 0 Å². The predicted octanol–water partition coefficient (Wildman–Crippen LogP) is 4.57. The van der Waals surface area contributed by atoms with E-state index in [9.17, 15) is 5.11 Å². The summed E-state index contributed by atoms with van der Waals surface area (Å²) in [7, 11) is 3.29. The molecule has 0 bridgehead atoms. The zero-order valence-electron chi connectivity index (χ0n) is 14.4. The summed E-state index contributed by atoms with van der Waals surface area (Å²) in [5.74, 6) is 1.84. The number of hydrogen-bond donors (Lipinski definition) is 1. The molecule has 3 aromatic rings. The summed E-state index contributed by atoms with van der Waals surface area (Å²) in [4.78, 5) is 0. The average molecular weight is 332 g/mol. The van der Waals surface area contributed by atoms with Crippen LogP contribution in [0.15, 0.2) is 54.6 Å². The molecule has 0 atom stereocenters. The number of phenolic OH excluding ortho intramolecular Hbond substituents is 1. The molecule has 1 N–H and O–H groups in total. The van der Waals surface area contributed by atoms with Crippen molar-refractivity contribution in [2.24, 2.45) is 0 Å². The molecule has 0 saturated carbocycles. The molecule has 1 aliphatic rings. The first kappa shape index (κ1) is 15.6. The molecule has 0 radical (unpaired) electrons. The van der Waals surface area contributed by atoms with Crippen LogP contribution in [-0.2, 0) is 12.8 Å². The molecule has 0 saturated heterocycles. The van der Waals surface area contributed by atoms with Crippen LogP contribution in [0.4, 0.5) is 0 Å². The maximum absolute atomic E-state index is 10.3. The van der Waals surface area contributed by atoms with Crippen LogP contribution in [0, 0.1) is 0 Å². The lowest BCUT2D eigenvalue weighted by Gasteiger charge is -2.13. The molecule has 0 unspecified atom stereocenters. The number of rotatable bonds is 4. The van der Waals surface area contributed by atoms with Crippen molar-refractivity contribution in [3.63, 3.8) is 0 Å². The zero-order valence-corrected chi connectivity index (χ0v) is 14.4. The van der Waals surface area contributed by atoms with Crippen LogP contribution < -0.4 is 9.47 Å². The van der Waals surface area contributed by atoms with Crippen molar-refractivity contribution in [2.75, 3.05) is 14.2 Å². The number of fused-ring (bicyclic) bond motifs is 3. The zero-order chi connectivity index (χ0) is 17.4. The van der Waals surface area contributed by atoms with Crippen molar-refractivity contribution in [2.45, 2.75) is 12.8 Å². The molecule has 3 nitrogen and oxygen atoms in total. The summed E-state index contributed by atoms with van der Waals surface area (Å²) in [6.45, 7) is 0. The number of hydrogen-bond acceptors (Lipinski definition) is 3. The van der Waals surface area contributed by atoms with E-state index in [1.165, 1.54) is 22.3 Å². The molecule has 3 heteroatoms. The summed E-state index contributed by atoms with van der Waals surface area (Å²) < 4.78 is 10.7. The van der Waals surface area contributed by atoms with Gasteiger partial charge in [0, 0.05) is 12.0 Å². The number of ether oxygens (including phenoxy) is 2. The Labute approximate surface area is 147 Å². The van der Waals surface area contributed by atoms with E-state index in [0.717, 1.165) is 35.5 Å². The number of methoxy groups -OCH3 is 2. The van der Waals surface area contributed by atoms with Gasteiger partial charge in [-0.3, -0.25) is 0 Å². The maximum atomic E-state index is 10.3. The number of aromatic hydroxyl groups is 1. The molecular weight excluding hydrogens is 312 g/mol. The van der Waals surface area contributed by atoms with Crippen LogP contribution in [0.3, 0.4) is 0 Å². The van der Waals surface area contributed by atoms with E-state index in [1.807, 2.05) is 18.2 Å². The van der Waals surface area contributed by atoms with Crippen LogP contribution in [0.2, 0.25) is 0 Å². The molecule has 0 spiro atoms. The fourth-order valence-corrected chi connectivity index (χ4v) is 3.67. The third-order valence-corrected chi connectivity index (χ3v) is 4.87. The molecule has 3 aromatic carbocycles. The van der Waals surface area contributed by atoms with Crippen molar-refractivity contribution in [1.82, 2.24) is 0 Å². The summed E-state index contributed by atoms with van der Waals surface area (Å²) in [6, 6.07) is 18.2. The van der Waals surface area contributed by atoms with Crippen molar-refractivity contribution in [3.8, 4) is 28.4 Å². The lowest BCUT2D eigenvalue weighted by molar-refractivity contribution is 0.354. The third-order valence-electron chi connectivity index (χ3n) is 4.87. The highest BCUT2D eigenvalue weighted by Crippen LogP contribution is 2.43. The Kier molecular flexibility index (Phi) is 3.85. The van der Waals surface area contributed by atoms with Crippen LogP contribution in [0.25, 0.3) is 11.1 Å². The molecule has 25 heavy (non-hydrogen) atoms. The predicted molar refractivity (Wildman–Crippen MR) is 98.7 cm³/mol. The normalized spacial score (nSPS) is 11.8. The fraction of sp³-hybridized carbons (Fsp3) is 0.182. The van der Waals surface area contributed by atoms with Gasteiger partial charge in [0.2, 0.25) is 0 Å². The van der Waals surface area contributed by atoms with E-state index >= 15 is 0 Å². The van der Waals surface area contributed by atoms with Gasteiger partial charge in [0.1, 0.15) is 5.75 Å². The molecule has 1 aliphatic carbocycles. The van der Waals surface area contributed by atoms with E-state index in [0.29, 0.717) is 5.75 Å². The SMILES string of the molecule is COc1ccc(Cc2ccc(O)c3c2-c2ccccc2C3)cc1OC. The van der Waals surface area contributed by atoms with Gasteiger partial charge in [-0.2, -0.15) is 0 Å². The minimum absolute atomic E-state index is 0.377. The largest absolute Gasteiger partial charge is 0.508 e. The Bertz CT molecular complexity index is 944.